The van der Waals surface area contributed by atoms with E-state index in [2.05, 4.69) is 4.90 Å². The highest BCUT2D eigenvalue weighted by atomic mass is 16.5. The molecule has 6 nitrogen and oxygen atoms in total. The molecule has 1 atom stereocenters. The van der Waals surface area contributed by atoms with Crippen LogP contribution in [-0.4, -0.2) is 56.4 Å². The maximum absolute atomic E-state index is 5.82. The fourth-order valence-corrected chi connectivity index (χ4v) is 3.30. The van der Waals surface area contributed by atoms with Gasteiger partial charge in [0.1, 0.15) is 5.82 Å². The van der Waals surface area contributed by atoms with Gasteiger partial charge in [0, 0.05) is 32.7 Å². The molecule has 1 saturated heterocycles. The number of rotatable bonds is 4. The van der Waals surface area contributed by atoms with Crippen LogP contribution < -0.4 is 15.5 Å². The van der Waals surface area contributed by atoms with Crippen LogP contribution in [0.1, 0.15) is 30.5 Å². The van der Waals surface area contributed by atoms with Gasteiger partial charge in [0.2, 0.25) is 5.95 Å². The van der Waals surface area contributed by atoms with E-state index < -0.39 is 0 Å². The van der Waals surface area contributed by atoms with Gasteiger partial charge in [0.15, 0.2) is 0 Å². The fraction of sp³-hybridized carbons (Fsp3) is 0.750. The summed E-state index contributed by atoms with van der Waals surface area (Å²) in [5.41, 5.74) is 8.28. The molecule has 0 aromatic carbocycles. The van der Waals surface area contributed by atoms with E-state index in [-0.39, 0.29) is 6.10 Å². The quantitative estimate of drug-likeness (QED) is 0.894. The van der Waals surface area contributed by atoms with E-state index in [0.717, 1.165) is 50.7 Å². The normalized spacial score (nSPS) is 21.6. The van der Waals surface area contributed by atoms with Crippen LogP contribution in [0, 0.1) is 0 Å². The molecule has 1 fully saturated rings. The molecule has 6 heteroatoms. The standard InChI is InChI=1S/C16H27N5O/c1-20(2)16-18-14-6-4-3-5-13(14)15(19-16)21-9-10-22-12(11-21)7-8-17/h12H,3-11,17H2,1-2H3. The van der Waals surface area contributed by atoms with Gasteiger partial charge in [-0.3, -0.25) is 0 Å². The topological polar surface area (TPSA) is 67.5 Å². The molecule has 1 aromatic rings. The highest BCUT2D eigenvalue weighted by Crippen LogP contribution is 2.30. The molecule has 0 radical (unpaired) electrons. The first-order valence-electron chi connectivity index (χ1n) is 8.32. The third kappa shape index (κ3) is 3.17. The monoisotopic (exact) mass is 305 g/mol. The zero-order valence-electron chi connectivity index (χ0n) is 13.7. The lowest BCUT2D eigenvalue weighted by atomic mass is 9.96. The summed E-state index contributed by atoms with van der Waals surface area (Å²) >= 11 is 0. The Hall–Kier alpha value is -1.40. The Morgan fingerprint density at radius 2 is 2.09 bits per heavy atom. The van der Waals surface area contributed by atoms with Crippen molar-refractivity contribution in [3.63, 3.8) is 0 Å². The third-order valence-electron chi connectivity index (χ3n) is 4.48. The number of hydrogen-bond acceptors (Lipinski definition) is 6. The van der Waals surface area contributed by atoms with Crippen molar-refractivity contribution in [1.29, 1.82) is 0 Å². The van der Waals surface area contributed by atoms with Crippen molar-refractivity contribution in [3.8, 4) is 0 Å². The summed E-state index contributed by atoms with van der Waals surface area (Å²) in [5, 5.41) is 0. The molecular formula is C16H27N5O. The van der Waals surface area contributed by atoms with Crippen molar-refractivity contribution >= 4 is 11.8 Å². The number of morpholine rings is 1. The van der Waals surface area contributed by atoms with Crippen LogP contribution >= 0.6 is 0 Å². The lowest BCUT2D eigenvalue weighted by Crippen LogP contribution is -2.44. The molecule has 0 saturated carbocycles. The van der Waals surface area contributed by atoms with Crippen LogP contribution in [0.5, 0.6) is 0 Å². The SMILES string of the molecule is CN(C)c1nc2c(c(N3CCOC(CCN)C3)n1)CCCC2. The van der Waals surface area contributed by atoms with Crippen LogP contribution in [0.25, 0.3) is 0 Å². The van der Waals surface area contributed by atoms with Crippen LogP contribution in [-0.2, 0) is 17.6 Å². The minimum Gasteiger partial charge on any atom is -0.374 e. The number of nitrogens with two attached hydrogens (primary N) is 1. The summed E-state index contributed by atoms with van der Waals surface area (Å²) in [6.45, 7) is 3.20. The molecule has 1 aliphatic heterocycles. The molecule has 0 amide bonds. The van der Waals surface area contributed by atoms with Crippen LogP contribution in [0.15, 0.2) is 0 Å². The molecule has 22 heavy (non-hydrogen) atoms. The molecule has 2 heterocycles. The minimum absolute atomic E-state index is 0.218. The summed E-state index contributed by atoms with van der Waals surface area (Å²) in [6, 6.07) is 0. The molecule has 1 aliphatic carbocycles. The molecule has 0 bridgehead atoms. The van der Waals surface area contributed by atoms with Crippen molar-refractivity contribution in [3.05, 3.63) is 11.3 Å². The first-order valence-corrected chi connectivity index (χ1v) is 8.32. The second-order valence-electron chi connectivity index (χ2n) is 6.39. The molecule has 1 aromatic heterocycles. The number of hydrogen-bond donors (Lipinski definition) is 1. The van der Waals surface area contributed by atoms with Gasteiger partial charge in [-0.1, -0.05) is 0 Å². The van der Waals surface area contributed by atoms with Gasteiger partial charge in [0.05, 0.1) is 18.4 Å². The highest BCUT2D eigenvalue weighted by molar-refractivity contribution is 5.54. The molecular weight excluding hydrogens is 278 g/mol. The Balaban J connectivity index is 1.92. The lowest BCUT2D eigenvalue weighted by molar-refractivity contribution is 0.0365. The zero-order valence-corrected chi connectivity index (χ0v) is 13.7. The Bertz CT molecular complexity index is 518. The first kappa shape index (κ1) is 15.5. The largest absolute Gasteiger partial charge is 0.374 e. The minimum atomic E-state index is 0.218. The molecule has 0 spiro atoms. The predicted octanol–water partition coefficient (Wildman–Crippen LogP) is 0.975. The third-order valence-corrected chi connectivity index (χ3v) is 4.48. The number of nitrogens with zero attached hydrogens (tertiary/aromatic N) is 4. The predicted molar refractivity (Wildman–Crippen MR) is 88.6 cm³/mol. The molecule has 1 unspecified atom stereocenters. The number of anilines is 2. The Morgan fingerprint density at radius 1 is 1.27 bits per heavy atom. The Morgan fingerprint density at radius 3 is 2.86 bits per heavy atom. The Kier molecular flexibility index (Phi) is 4.78. The van der Waals surface area contributed by atoms with Crippen molar-refractivity contribution in [2.24, 2.45) is 5.73 Å². The van der Waals surface area contributed by atoms with Gasteiger partial charge in [-0.15, -0.1) is 0 Å². The van der Waals surface area contributed by atoms with Gasteiger partial charge in [0.25, 0.3) is 0 Å². The second kappa shape index (κ2) is 6.79. The molecule has 122 valence electrons. The van der Waals surface area contributed by atoms with Crippen LogP contribution in [0.2, 0.25) is 0 Å². The first-order chi connectivity index (χ1) is 10.7. The fourth-order valence-electron chi connectivity index (χ4n) is 3.30. The van der Waals surface area contributed by atoms with Gasteiger partial charge in [-0.25, -0.2) is 4.98 Å². The van der Waals surface area contributed by atoms with Crippen LogP contribution in [0.4, 0.5) is 11.8 Å². The van der Waals surface area contributed by atoms with E-state index in [4.69, 9.17) is 20.4 Å². The lowest BCUT2D eigenvalue weighted by Gasteiger charge is -2.36. The van der Waals surface area contributed by atoms with Gasteiger partial charge in [-0.05, 0) is 38.6 Å². The molecule has 3 rings (SSSR count). The maximum Gasteiger partial charge on any atom is 0.227 e. The zero-order chi connectivity index (χ0) is 15.5. The molecule has 2 aliphatic rings. The second-order valence-corrected chi connectivity index (χ2v) is 6.39. The van der Waals surface area contributed by atoms with Crippen molar-refractivity contribution in [2.75, 3.05) is 50.1 Å². The average Bonchev–Trinajstić information content (AvgIpc) is 2.54. The van der Waals surface area contributed by atoms with E-state index in [1.165, 1.54) is 24.1 Å². The van der Waals surface area contributed by atoms with Gasteiger partial charge >= 0.3 is 0 Å². The number of aryl methyl sites for hydroxylation is 1. The van der Waals surface area contributed by atoms with E-state index in [0.29, 0.717) is 6.54 Å². The molecule has 2 N–H and O–H groups in total. The summed E-state index contributed by atoms with van der Waals surface area (Å²) in [4.78, 5) is 14.0. The maximum atomic E-state index is 5.82. The summed E-state index contributed by atoms with van der Waals surface area (Å²) in [7, 11) is 4.01. The van der Waals surface area contributed by atoms with Crippen molar-refractivity contribution in [1.82, 2.24) is 9.97 Å². The number of aromatic nitrogens is 2. The van der Waals surface area contributed by atoms with Crippen LogP contribution in [0.3, 0.4) is 0 Å². The smallest absolute Gasteiger partial charge is 0.227 e. The summed E-state index contributed by atoms with van der Waals surface area (Å²) < 4.78 is 5.82. The van der Waals surface area contributed by atoms with E-state index in [1.54, 1.807) is 0 Å². The van der Waals surface area contributed by atoms with Crippen molar-refractivity contribution in [2.45, 2.75) is 38.2 Å². The summed E-state index contributed by atoms with van der Waals surface area (Å²) in [5.74, 6) is 1.94. The van der Waals surface area contributed by atoms with Crippen molar-refractivity contribution < 1.29 is 4.74 Å². The van der Waals surface area contributed by atoms with Gasteiger partial charge in [-0.2, -0.15) is 4.98 Å². The van der Waals surface area contributed by atoms with E-state index >= 15 is 0 Å². The number of fused-ring (bicyclic) bond motifs is 1. The van der Waals surface area contributed by atoms with Gasteiger partial charge < -0.3 is 20.3 Å². The number of ether oxygens (including phenoxy) is 1. The Labute approximate surface area is 132 Å². The van der Waals surface area contributed by atoms with E-state index in [9.17, 15) is 0 Å². The van der Waals surface area contributed by atoms with E-state index in [1.807, 2.05) is 19.0 Å². The summed E-state index contributed by atoms with van der Waals surface area (Å²) in [6.07, 6.45) is 5.76. The average molecular weight is 305 g/mol. The highest BCUT2D eigenvalue weighted by Gasteiger charge is 2.26.